The van der Waals surface area contributed by atoms with E-state index in [4.69, 9.17) is 0 Å². The van der Waals surface area contributed by atoms with E-state index in [9.17, 15) is 8.42 Å². The molecule has 1 aromatic rings. The number of nitrogens with one attached hydrogen (secondary N) is 1. The number of aromatic nitrogens is 2. The highest BCUT2D eigenvalue weighted by molar-refractivity contribution is 7.91. The van der Waals surface area contributed by atoms with Crippen LogP contribution in [0.5, 0.6) is 0 Å². The van der Waals surface area contributed by atoms with Gasteiger partial charge in [0.05, 0.1) is 17.2 Å². The van der Waals surface area contributed by atoms with Crippen molar-refractivity contribution in [1.82, 2.24) is 15.1 Å². The molecule has 102 valence electrons. The Bertz CT molecular complexity index is 493. The molecule has 1 aromatic heterocycles. The van der Waals surface area contributed by atoms with Crippen LogP contribution in [0.25, 0.3) is 0 Å². The van der Waals surface area contributed by atoms with Crippen molar-refractivity contribution in [3.05, 3.63) is 18.0 Å². The van der Waals surface area contributed by atoms with Gasteiger partial charge in [0.25, 0.3) is 0 Å². The molecule has 0 spiro atoms. The summed E-state index contributed by atoms with van der Waals surface area (Å²) in [6.45, 7) is 4.80. The van der Waals surface area contributed by atoms with Crippen molar-refractivity contribution < 1.29 is 8.42 Å². The van der Waals surface area contributed by atoms with Gasteiger partial charge in [-0.2, -0.15) is 5.10 Å². The minimum absolute atomic E-state index is 0.0768. The normalized spacial score (nSPS) is 23.4. The zero-order valence-electron chi connectivity index (χ0n) is 11.0. The minimum Gasteiger partial charge on any atom is -0.307 e. The zero-order valence-corrected chi connectivity index (χ0v) is 11.8. The van der Waals surface area contributed by atoms with E-state index in [1.807, 2.05) is 16.9 Å². The van der Waals surface area contributed by atoms with Crippen molar-refractivity contribution in [3.8, 4) is 0 Å². The van der Waals surface area contributed by atoms with Gasteiger partial charge in [0.1, 0.15) is 0 Å². The Kier molecular flexibility index (Phi) is 4.07. The number of hydrogen-bond acceptors (Lipinski definition) is 4. The summed E-state index contributed by atoms with van der Waals surface area (Å²) in [4.78, 5) is 0. The summed E-state index contributed by atoms with van der Waals surface area (Å²) in [5.41, 5.74) is 0.965. The molecule has 0 radical (unpaired) electrons. The Balaban J connectivity index is 1.87. The summed E-state index contributed by atoms with van der Waals surface area (Å²) in [7, 11) is -2.83. The van der Waals surface area contributed by atoms with E-state index in [-0.39, 0.29) is 11.8 Å². The molecule has 1 saturated heterocycles. The number of nitrogens with zero attached hydrogens (tertiary/aromatic N) is 2. The SMILES string of the molecule is CC(C)n1ccc(CNC2CCCS(=O)(=O)C2)n1. The molecular formula is C12H21N3O2S. The second-order valence-electron chi connectivity index (χ2n) is 5.22. The van der Waals surface area contributed by atoms with Gasteiger partial charge >= 0.3 is 0 Å². The van der Waals surface area contributed by atoms with E-state index in [0.717, 1.165) is 18.5 Å². The van der Waals surface area contributed by atoms with Crippen LogP contribution in [0.15, 0.2) is 12.3 Å². The lowest BCUT2D eigenvalue weighted by atomic mass is 10.2. The van der Waals surface area contributed by atoms with Gasteiger partial charge in [-0.15, -0.1) is 0 Å². The molecule has 5 nitrogen and oxygen atoms in total. The van der Waals surface area contributed by atoms with Crippen LogP contribution in [0.3, 0.4) is 0 Å². The molecule has 2 heterocycles. The summed E-state index contributed by atoms with van der Waals surface area (Å²) < 4.78 is 24.9. The van der Waals surface area contributed by atoms with Crippen molar-refractivity contribution in [2.24, 2.45) is 0 Å². The lowest BCUT2D eigenvalue weighted by molar-refractivity contribution is 0.470. The van der Waals surface area contributed by atoms with Crippen LogP contribution in [0, 0.1) is 0 Å². The van der Waals surface area contributed by atoms with Gasteiger partial charge in [-0.25, -0.2) is 8.42 Å². The van der Waals surface area contributed by atoms with Crippen molar-refractivity contribution in [3.63, 3.8) is 0 Å². The Morgan fingerprint density at radius 3 is 2.94 bits per heavy atom. The highest BCUT2D eigenvalue weighted by Gasteiger charge is 2.24. The number of rotatable bonds is 4. The maximum Gasteiger partial charge on any atom is 0.151 e. The first-order valence-electron chi connectivity index (χ1n) is 6.44. The average Bonchev–Trinajstić information content (AvgIpc) is 2.74. The molecule has 1 aliphatic heterocycles. The lowest BCUT2D eigenvalue weighted by Crippen LogP contribution is -2.39. The molecule has 0 amide bonds. The highest BCUT2D eigenvalue weighted by atomic mass is 32.2. The second kappa shape index (κ2) is 5.40. The Hall–Kier alpha value is -0.880. The molecule has 0 aliphatic carbocycles. The van der Waals surface area contributed by atoms with E-state index in [0.29, 0.717) is 18.3 Å². The van der Waals surface area contributed by atoms with Gasteiger partial charge in [-0.1, -0.05) is 0 Å². The third-order valence-electron chi connectivity index (χ3n) is 3.23. The largest absolute Gasteiger partial charge is 0.307 e. The van der Waals surface area contributed by atoms with Gasteiger partial charge in [0.2, 0.25) is 0 Å². The molecular weight excluding hydrogens is 250 g/mol. The number of hydrogen-bond donors (Lipinski definition) is 1. The molecule has 0 bridgehead atoms. The first-order valence-corrected chi connectivity index (χ1v) is 8.26. The third kappa shape index (κ3) is 3.55. The predicted molar refractivity (Wildman–Crippen MR) is 71.1 cm³/mol. The van der Waals surface area contributed by atoms with Crippen LogP contribution >= 0.6 is 0 Å². The molecule has 6 heteroatoms. The summed E-state index contributed by atoms with van der Waals surface area (Å²) in [5, 5.41) is 7.73. The number of sulfone groups is 1. The Labute approximate surface area is 108 Å². The van der Waals surface area contributed by atoms with E-state index in [2.05, 4.69) is 24.3 Å². The van der Waals surface area contributed by atoms with Crippen LogP contribution in [-0.2, 0) is 16.4 Å². The summed E-state index contributed by atoms with van der Waals surface area (Å²) in [5.74, 6) is 0.602. The summed E-state index contributed by atoms with van der Waals surface area (Å²) in [6.07, 6.45) is 3.66. The molecule has 1 unspecified atom stereocenters. The molecule has 1 aliphatic rings. The first kappa shape index (κ1) is 13.5. The van der Waals surface area contributed by atoms with Crippen molar-refractivity contribution >= 4 is 9.84 Å². The topological polar surface area (TPSA) is 64.0 Å². The molecule has 1 fully saturated rings. The Morgan fingerprint density at radius 2 is 2.33 bits per heavy atom. The van der Waals surface area contributed by atoms with Gasteiger partial charge in [-0.05, 0) is 32.8 Å². The third-order valence-corrected chi connectivity index (χ3v) is 5.05. The van der Waals surface area contributed by atoms with Crippen LogP contribution in [0.2, 0.25) is 0 Å². The highest BCUT2D eigenvalue weighted by Crippen LogP contribution is 2.12. The van der Waals surface area contributed by atoms with E-state index in [1.54, 1.807) is 0 Å². The van der Waals surface area contributed by atoms with Gasteiger partial charge in [-0.3, -0.25) is 4.68 Å². The van der Waals surface area contributed by atoms with E-state index >= 15 is 0 Å². The lowest BCUT2D eigenvalue weighted by Gasteiger charge is -2.22. The van der Waals surface area contributed by atoms with Crippen molar-refractivity contribution in [1.29, 1.82) is 0 Å². The average molecular weight is 271 g/mol. The van der Waals surface area contributed by atoms with Crippen LogP contribution in [0.1, 0.15) is 38.4 Å². The van der Waals surface area contributed by atoms with Crippen LogP contribution in [-0.4, -0.2) is 35.7 Å². The second-order valence-corrected chi connectivity index (χ2v) is 7.44. The first-order chi connectivity index (χ1) is 8.46. The fourth-order valence-corrected chi connectivity index (χ4v) is 3.86. The predicted octanol–water partition coefficient (Wildman–Crippen LogP) is 1.13. The minimum atomic E-state index is -2.83. The Morgan fingerprint density at radius 1 is 1.56 bits per heavy atom. The molecule has 18 heavy (non-hydrogen) atoms. The van der Waals surface area contributed by atoms with Gasteiger partial charge in [0, 0.05) is 24.8 Å². The molecule has 2 rings (SSSR count). The molecule has 1 N–H and O–H groups in total. The zero-order chi connectivity index (χ0) is 13.2. The summed E-state index contributed by atoms with van der Waals surface area (Å²) >= 11 is 0. The fraction of sp³-hybridized carbons (Fsp3) is 0.750. The quantitative estimate of drug-likeness (QED) is 0.891. The fourth-order valence-electron chi connectivity index (χ4n) is 2.19. The maximum atomic E-state index is 11.5. The van der Waals surface area contributed by atoms with Crippen LogP contribution < -0.4 is 5.32 Å². The van der Waals surface area contributed by atoms with Crippen LogP contribution in [0.4, 0.5) is 0 Å². The monoisotopic (exact) mass is 271 g/mol. The van der Waals surface area contributed by atoms with E-state index < -0.39 is 9.84 Å². The van der Waals surface area contributed by atoms with Gasteiger partial charge in [0.15, 0.2) is 9.84 Å². The van der Waals surface area contributed by atoms with E-state index in [1.165, 1.54) is 0 Å². The smallest absolute Gasteiger partial charge is 0.151 e. The summed E-state index contributed by atoms with van der Waals surface area (Å²) in [6, 6.07) is 2.41. The van der Waals surface area contributed by atoms with Crippen molar-refractivity contribution in [2.75, 3.05) is 11.5 Å². The van der Waals surface area contributed by atoms with Gasteiger partial charge < -0.3 is 5.32 Å². The van der Waals surface area contributed by atoms with Crippen molar-refractivity contribution in [2.45, 2.75) is 45.3 Å². The molecule has 0 saturated carbocycles. The maximum absolute atomic E-state index is 11.5. The molecule has 1 atom stereocenters. The standard InChI is InChI=1S/C12H21N3O2S/c1-10(2)15-6-5-11(14-15)8-13-12-4-3-7-18(16,17)9-12/h5-6,10,12-13H,3-4,7-9H2,1-2H3. The molecule has 0 aromatic carbocycles.